The molecule has 0 fully saturated rings. The van der Waals surface area contributed by atoms with E-state index in [0.717, 1.165) is 17.3 Å². The second kappa shape index (κ2) is 6.50. The highest BCUT2D eigenvalue weighted by molar-refractivity contribution is 8.02. The Morgan fingerprint density at radius 2 is 2.08 bits per heavy atom. The molecule has 1 aliphatic carbocycles. The summed E-state index contributed by atoms with van der Waals surface area (Å²) < 4.78 is 7.31. The number of ketones is 3. The van der Waals surface area contributed by atoms with Gasteiger partial charge in [-0.05, 0) is 36.1 Å². The molecule has 1 aromatic carbocycles. The molecule has 2 atom stereocenters. The van der Waals surface area contributed by atoms with Crippen molar-refractivity contribution in [2.24, 2.45) is 0 Å². The second-order valence-corrected chi connectivity index (χ2v) is 7.39. The van der Waals surface area contributed by atoms with E-state index >= 15 is 0 Å². The standard InChI is InChI=1S/C19H17NO5S/c1-2-20-15(16(22)11-7-8-12(21)17(23)19(11)26-20)18(24)14-9-10-5-3-4-6-13(10)25-14/h3-6,9,15-16,22H,2,7-8H2,1H3. The van der Waals surface area contributed by atoms with E-state index in [9.17, 15) is 19.5 Å². The van der Waals surface area contributed by atoms with Crippen molar-refractivity contribution in [2.45, 2.75) is 31.9 Å². The summed E-state index contributed by atoms with van der Waals surface area (Å²) in [6.45, 7) is 2.26. The summed E-state index contributed by atoms with van der Waals surface area (Å²) >= 11 is 1.09. The first-order valence-corrected chi connectivity index (χ1v) is 9.24. The highest BCUT2D eigenvalue weighted by atomic mass is 32.2. The van der Waals surface area contributed by atoms with E-state index in [-0.39, 0.29) is 22.9 Å². The third kappa shape index (κ3) is 2.63. The highest BCUT2D eigenvalue weighted by Gasteiger charge is 2.45. The van der Waals surface area contributed by atoms with Gasteiger partial charge in [-0.1, -0.05) is 25.1 Å². The number of nitrogens with zero attached hydrogens (tertiary/aromatic N) is 1. The maximum absolute atomic E-state index is 13.1. The van der Waals surface area contributed by atoms with Crippen LogP contribution in [0.5, 0.6) is 0 Å². The van der Waals surface area contributed by atoms with Crippen LogP contribution < -0.4 is 0 Å². The summed E-state index contributed by atoms with van der Waals surface area (Å²) in [5.74, 6) is -1.17. The molecule has 2 unspecified atom stereocenters. The third-order valence-electron chi connectivity index (χ3n) is 4.80. The van der Waals surface area contributed by atoms with Gasteiger partial charge in [0, 0.05) is 18.4 Å². The fourth-order valence-electron chi connectivity index (χ4n) is 3.44. The van der Waals surface area contributed by atoms with Gasteiger partial charge < -0.3 is 9.52 Å². The van der Waals surface area contributed by atoms with E-state index in [0.29, 0.717) is 24.1 Å². The molecule has 4 rings (SSSR count). The van der Waals surface area contributed by atoms with Gasteiger partial charge in [0.1, 0.15) is 17.7 Å². The highest BCUT2D eigenvalue weighted by Crippen LogP contribution is 2.41. The summed E-state index contributed by atoms with van der Waals surface area (Å²) in [5.41, 5.74) is 1.09. The Morgan fingerprint density at radius 3 is 2.81 bits per heavy atom. The summed E-state index contributed by atoms with van der Waals surface area (Å²) in [4.78, 5) is 37.2. The van der Waals surface area contributed by atoms with Crippen LogP contribution in [-0.2, 0) is 9.59 Å². The predicted molar refractivity (Wildman–Crippen MR) is 96.6 cm³/mol. The summed E-state index contributed by atoms with van der Waals surface area (Å²) in [7, 11) is 0. The number of likely N-dealkylation sites (N-methyl/N-ethyl adjacent to an activating group) is 1. The van der Waals surface area contributed by atoms with Crippen LogP contribution >= 0.6 is 11.9 Å². The maximum atomic E-state index is 13.1. The van der Waals surface area contributed by atoms with Crippen LogP contribution in [0.4, 0.5) is 0 Å². The molecule has 0 radical (unpaired) electrons. The van der Waals surface area contributed by atoms with Gasteiger partial charge in [0.05, 0.1) is 4.91 Å². The van der Waals surface area contributed by atoms with Crippen molar-refractivity contribution in [1.82, 2.24) is 4.31 Å². The van der Waals surface area contributed by atoms with E-state index in [2.05, 4.69) is 0 Å². The number of carbonyl (C=O) groups excluding carboxylic acids is 3. The van der Waals surface area contributed by atoms with Crippen LogP contribution in [-0.4, -0.2) is 45.5 Å². The van der Waals surface area contributed by atoms with Crippen molar-refractivity contribution in [3.05, 3.63) is 46.6 Å². The number of para-hydroxylation sites is 1. The molecule has 1 aliphatic heterocycles. The lowest BCUT2D eigenvalue weighted by Gasteiger charge is -2.39. The first kappa shape index (κ1) is 17.2. The van der Waals surface area contributed by atoms with Gasteiger partial charge in [-0.2, -0.15) is 0 Å². The van der Waals surface area contributed by atoms with Gasteiger partial charge in [0.25, 0.3) is 0 Å². The van der Waals surface area contributed by atoms with Crippen LogP contribution in [0.15, 0.2) is 45.2 Å². The van der Waals surface area contributed by atoms with Crippen molar-refractivity contribution in [3.8, 4) is 0 Å². The summed E-state index contributed by atoms with van der Waals surface area (Å²) in [6, 6.07) is 8.13. The number of furan rings is 1. The fourth-order valence-corrected chi connectivity index (χ4v) is 4.66. The van der Waals surface area contributed by atoms with Gasteiger partial charge >= 0.3 is 0 Å². The smallest absolute Gasteiger partial charge is 0.236 e. The minimum Gasteiger partial charge on any atom is -0.453 e. The second-order valence-electron chi connectivity index (χ2n) is 6.33. The lowest BCUT2D eigenvalue weighted by atomic mass is 9.88. The van der Waals surface area contributed by atoms with E-state index in [1.165, 1.54) is 0 Å². The molecule has 26 heavy (non-hydrogen) atoms. The minimum atomic E-state index is -1.14. The SMILES string of the molecule is CCN1SC2=C(CCC(=O)C2=O)C(O)C1C(=O)c1cc2ccccc2o1. The number of Topliss-reactive ketones (excluding diaryl/α,β-unsaturated/α-hetero) is 3. The number of rotatable bonds is 3. The fraction of sp³-hybridized carbons (Fsp3) is 0.316. The molecule has 0 bridgehead atoms. The number of hydrogen-bond acceptors (Lipinski definition) is 7. The molecule has 0 amide bonds. The van der Waals surface area contributed by atoms with Gasteiger partial charge in [-0.15, -0.1) is 0 Å². The lowest BCUT2D eigenvalue weighted by Crippen LogP contribution is -2.51. The van der Waals surface area contributed by atoms with Crippen molar-refractivity contribution in [3.63, 3.8) is 0 Å². The van der Waals surface area contributed by atoms with Crippen LogP contribution in [0.3, 0.4) is 0 Å². The topological polar surface area (TPSA) is 87.8 Å². The van der Waals surface area contributed by atoms with E-state index in [1.54, 1.807) is 16.4 Å². The number of aliphatic hydroxyl groups excluding tert-OH is 1. The molecule has 0 saturated heterocycles. The van der Waals surface area contributed by atoms with E-state index < -0.39 is 23.7 Å². The average molecular weight is 371 g/mol. The third-order valence-corrected chi connectivity index (χ3v) is 6.15. The van der Waals surface area contributed by atoms with Crippen LogP contribution in [0, 0.1) is 0 Å². The van der Waals surface area contributed by atoms with E-state index in [4.69, 9.17) is 4.42 Å². The first-order valence-electron chi connectivity index (χ1n) is 8.47. The quantitative estimate of drug-likeness (QED) is 0.504. The van der Waals surface area contributed by atoms with Crippen LogP contribution in [0.1, 0.15) is 30.3 Å². The Morgan fingerprint density at radius 1 is 1.31 bits per heavy atom. The Hall–Kier alpha value is -2.22. The molecule has 6 nitrogen and oxygen atoms in total. The molecule has 1 N–H and O–H groups in total. The van der Waals surface area contributed by atoms with Crippen LogP contribution in [0.2, 0.25) is 0 Å². The normalized spacial score (nSPS) is 24.2. The molecule has 2 aromatic rings. The molecule has 7 heteroatoms. The molecule has 1 aromatic heterocycles. The zero-order chi connectivity index (χ0) is 18.4. The molecule has 134 valence electrons. The minimum absolute atomic E-state index is 0.0763. The van der Waals surface area contributed by atoms with Crippen molar-refractivity contribution >= 4 is 40.3 Å². The zero-order valence-electron chi connectivity index (χ0n) is 14.1. The number of fused-ring (bicyclic) bond motifs is 1. The van der Waals surface area contributed by atoms with Crippen LogP contribution in [0.25, 0.3) is 11.0 Å². The number of carbonyl (C=O) groups is 3. The number of aliphatic hydroxyl groups is 1. The number of allylic oxidation sites excluding steroid dienone is 1. The lowest BCUT2D eigenvalue weighted by molar-refractivity contribution is -0.134. The summed E-state index contributed by atoms with van der Waals surface area (Å²) in [5, 5.41) is 11.7. The molecule has 0 saturated carbocycles. The zero-order valence-corrected chi connectivity index (χ0v) is 14.9. The number of benzene rings is 1. The van der Waals surface area contributed by atoms with Crippen molar-refractivity contribution in [2.75, 3.05) is 6.54 Å². The van der Waals surface area contributed by atoms with Gasteiger partial charge in [0.2, 0.25) is 17.3 Å². The molecular formula is C19H17NO5S. The number of hydrogen-bond donors (Lipinski definition) is 1. The average Bonchev–Trinajstić information content (AvgIpc) is 3.08. The largest absolute Gasteiger partial charge is 0.453 e. The molecular weight excluding hydrogens is 354 g/mol. The van der Waals surface area contributed by atoms with Gasteiger partial charge in [0.15, 0.2) is 5.76 Å². The first-order chi connectivity index (χ1) is 12.5. The summed E-state index contributed by atoms with van der Waals surface area (Å²) in [6.07, 6.45) is -0.758. The maximum Gasteiger partial charge on any atom is 0.236 e. The van der Waals surface area contributed by atoms with E-state index in [1.807, 2.05) is 25.1 Å². The Balaban J connectivity index is 1.73. The van der Waals surface area contributed by atoms with Gasteiger partial charge in [-0.25, -0.2) is 4.31 Å². The Bertz CT molecular complexity index is 927. The Kier molecular flexibility index (Phi) is 4.30. The molecule has 2 aliphatic rings. The predicted octanol–water partition coefficient (Wildman–Crippen LogP) is 2.51. The monoisotopic (exact) mass is 371 g/mol. The Labute approximate surface area is 154 Å². The van der Waals surface area contributed by atoms with Crippen molar-refractivity contribution in [1.29, 1.82) is 0 Å². The van der Waals surface area contributed by atoms with Gasteiger partial charge in [-0.3, -0.25) is 14.4 Å². The molecule has 2 heterocycles. The molecule has 0 spiro atoms. The van der Waals surface area contributed by atoms with Crippen molar-refractivity contribution < 1.29 is 23.9 Å².